The summed E-state index contributed by atoms with van der Waals surface area (Å²) in [5.74, 6) is -0.444. The van der Waals surface area contributed by atoms with Crippen molar-refractivity contribution in [3.8, 4) is 0 Å². The van der Waals surface area contributed by atoms with E-state index < -0.39 is 5.95 Å². The molecule has 0 N–H and O–H groups in total. The summed E-state index contributed by atoms with van der Waals surface area (Å²) in [7, 11) is 0. The highest BCUT2D eigenvalue weighted by Gasteiger charge is 2.25. The molecule has 74 valence electrons. The van der Waals surface area contributed by atoms with Gasteiger partial charge in [-0.3, -0.25) is 0 Å². The predicted molar refractivity (Wildman–Crippen MR) is 49.0 cm³/mol. The quantitative estimate of drug-likeness (QED) is 0.706. The molecule has 0 unspecified atom stereocenters. The summed E-state index contributed by atoms with van der Waals surface area (Å²) < 4.78 is 14.9. The Morgan fingerprint density at radius 1 is 1.38 bits per heavy atom. The van der Waals surface area contributed by atoms with Crippen LogP contribution in [0.1, 0.15) is 39.8 Å². The second-order valence-corrected chi connectivity index (χ2v) is 4.20. The van der Waals surface area contributed by atoms with Crippen LogP contribution in [0.2, 0.25) is 0 Å². The Bertz CT molecular complexity index is 286. The summed E-state index contributed by atoms with van der Waals surface area (Å²) in [6.45, 7) is 8.64. The van der Waals surface area contributed by atoms with Gasteiger partial charge in [-0.25, -0.2) is 4.68 Å². The molecule has 0 saturated carbocycles. The Morgan fingerprint density at radius 2 is 2.00 bits per heavy atom. The third-order valence-electron chi connectivity index (χ3n) is 1.84. The molecule has 0 spiro atoms. The molecule has 0 atom stereocenters. The zero-order valence-corrected chi connectivity index (χ0v) is 8.63. The van der Waals surface area contributed by atoms with Crippen LogP contribution in [0.15, 0.2) is 0 Å². The highest BCUT2D eigenvalue weighted by molar-refractivity contribution is 5.09. The van der Waals surface area contributed by atoms with Crippen LogP contribution in [0.3, 0.4) is 0 Å². The van der Waals surface area contributed by atoms with Crippen LogP contribution in [0.4, 0.5) is 4.39 Å². The molecule has 0 amide bonds. The fourth-order valence-electron chi connectivity index (χ4n) is 1.36. The molecule has 0 aliphatic carbocycles. The number of hydrogen-bond acceptors (Lipinski definition) is 2. The highest BCUT2D eigenvalue weighted by Crippen LogP contribution is 2.23. The van der Waals surface area contributed by atoms with Gasteiger partial charge in [-0.1, -0.05) is 38.0 Å². The van der Waals surface area contributed by atoms with E-state index in [2.05, 4.69) is 10.3 Å². The lowest BCUT2D eigenvalue weighted by molar-refractivity contribution is 0.454. The summed E-state index contributed by atoms with van der Waals surface area (Å²) >= 11 is 0. The van der Waals surface area contributed by atoms with Gasteiger partial charge in [-0.15, -0.1) is 0 Å². The van der Waals surface area contributed by atoms with Gasteiger partial charge in [0.1, 0.15) is 5.69 Å². The molecule has 0 fully saturated rings. The average Bonchev–Trinajstić information content (AvgIpc) is 2.31. The smallest absolute Gasteiger partial charge is 0.246 e. The molecule has 0 bridgehead atoms. The zero-order chi connectivity index (χ0) is 10.1. The second-order valence-electron chi connectivity index (χ2n) is 4.20. The number of nitrogens with zero attached hydrogens (tertiary/aromatic N) is 3. The maximum atomic E-state index is 13.2. The van der Waals surface area contributed by atoms with E-state index in [0.717, 1.165) is 13.0 Å². The largest absolute Gasteiger partial charge is 0.256 e. The lowest BCUT2D eigenvalue weighted by atomic mass is 9.92. The molecule has 0 radical (unpaired) electrons. The number of halogens is 1. The molecular weight excluding hydrogens is 169 g/mol. The molecule has 1 heterocycles. The van der Waals surface area contributed by atoms with Crippen molar-refractivity contribution < 1.29 is 4.39 Å². The monoisotopic (exact) mass is 185 g/mol. The third-order valence-corrected chi connectivity index (χ3v) is 1.84. The van der Waals surface area contributed by atoms with Gasteiger partial charge in [0.2, 0.25) is 0 Å². The van der Waals surface area contributed by atoms with Crippen molar-refractivity contribution in [2.24, 2.45) is 0 Å². The van der Waals surface area contributed by atoms with E-state index in [0.29, 0.717) is 5.69 Å². The Kier molecular flexibility index (Phi) is 2.68. The molecule has 3 nitrogen and oxygen atoms in total. The minimum atomic E-state index is -0.444. The van der Waals surface area contributed by atoms with Crippen LogP contribution in [-0.2, 0) is 12.0 Å². The Labute approximate surface area is 77.9 Å². The molecule has 0 saturated heterocycles. The van der Waals surface area contributed by atoms with Gasteiger partial charge in [0.05, 0.1) is 0 Å². The molecule has 0 aliphatic rings. The van der Waals surface area contributed by atoms with Gasteiger partial charge >= 0.3 is 0 Å². The van der Waals surface area contributed by atoms with E-state index in [9.17, 15) is 4.39 Å². The van der Waals surface area contributed by atoms with Gasteiger partial charge in [0.25, 0.3) is 5.95 Å². The zero-order valence-electron chi connectivity index (χ0n) is 8.63. The van der Waals surface area contributed by atoms with E-state index in [-0.39, 0.29) is 5.41 Å². The summed E-state index contributed by atoms with van der Waals surface area (Å²) in [4.78, 5) is 0. The lowest BCUT2D eigenvalue weighted by Gasteiger charge is -2.18. The molecular formula is C9H16FN3. The van der Waals surface area contributed by atoms with Gasteiger partial charge in [-0.2, -0.15) is 4.39 Å². The van der Waals surface area contributed by atoms with E-state index in [1.807, 2.05) is 27.7 Å². The predicted octanol–water partition coefficient (Wildman–Crippen LogP) is 2.12. The first kappa shape index (κ1) is 10.2. The lowest BCUT2D eigenvalue weighted by Crippen LogP contribution is -2.20. The topological polar surface area (TPSA) is 30.7 Å². The van der Waals surface area contributed by atoms with Gasteiger partial charge in [0.15, 0.2) is 0 Å². The second kappa shape index (κ2) is 3.44. The minimum absolute atomic E-state index is 0.233. The van der Waals surface area contributed by atoms with E-state index >= 15 is 0 Å². The molecule has 4 heteroatoms. The fourth-order valence-corrected chi connectivity index (χ4v) is 1.36. The van der Waals surface area contributed by atoms with Crippen molar-refractivity contribution in [1.29, 1.82) is 0 Å². The highest BCUT2D eigenvalue weighted by atomic mass is 19.1. The number of hydrogen-bond donors (Lipinski definition) is 0. The summed E-state index contributed by atoms with van der Waals surface area (Å²) in [6.07, 6.45) is 0.936. The minimum Gasteiger partial charge on any atom is -0.246 e. The summed E-state index contributed by atoms with van der Waals surface area (Å²) in [5, 5.41) is 7.21. The first-order valence-corrected chi connectivity index (χ1v) is 4.56. The van der Waals surface area contributed by atoms with E-state index in [1.54, 1.807) is 4.68 Å². The molecule has 13 heavy (non-hydrogen) atoms. The maximum absolute atomic E-state index is 13.2. The summed E-state index contributed by atoms with van der Waals surface area (Å²) in [6, 6.07) is 0. The van der Waals surface area contributed by atoms with Gasteiger partial charge < -0.3 is 0 Å². The van der Waals surface area contributed by atoms with Gasteiger partial charge in [0, 0.05) is 12.0 Å². The third kappa shape index (κ3) is 2.05. The first-order chi connectivity index (χ1) is 5.96. The van der Waals surface area contributed by atoms with Crippen molar-refractivity contribution >= 4 is 0 Å². The van der Waals surface area contributed by atoms with Crippen molar-refractivity contribution in [2.45, 2.75) is 46.1 Å². The van der Waals surface area contributed by atoms with Crippen LogP contribution < -0.4 is 0 Å². The van der Waals surface area contributed by atoms with E-state index in [4.69, 9.17) is 0 Å². The Hall–Kier alpha value is -0.930. The van der Waals surface area contributed by atoms with Crippen molar-refractivity contribution in [1.82, 2.24) is 15.0 Å². The number of rotatable bonds is 2. The van der Waals surface area contributed by atoms with Crippen molar-refractivity contribution in [3.05, 3.63) is 11.6 Å². The van der Waals surface area contributed by atoms with Crippen LogP contribution in [0.5, 0.6) is 0 Å². The van der Waals surface area contributed by atoms with E-state index in [1.165, 1.54) is 0 Å². The SMILES string of the molecule is CCCn1nnc(F)c1C(C)(C)C. The number of aryl methyl sites for hydroxylation is 1. The van der Waals surface area contributed by atoms with Crippen LogP contribution in [-0.4, -0.2) is 15.0 Å². The van der Waals surface area contributed by atoms with Gasteiger partial charge in [-0.05, 0) is 6.42 Å². The number of aromatic nitrogens is 3. The summed E-state index contributed by atoms with van der Waals surface area (Å²) in [5.41, 5.74) is 0.359. The normalized spacial score (nSPS) is 12.1. The molecule has 0 aliphatic heterocycles. The van der Waals surface area contributed by atoms with Crippen LogP contribution in [0.25, 0.3) is 0 Å². The van der Waals surface area contributed by atoms with Crippen LogP contribution in [0, 0.1) is 5.95 Å². The molecule has 1 aromatic rings. The van der Waals surface area contributed by atoms with Crippen molar-refractivity contribution in [2.75, 3.05) is 0 Å². The standard InChI is InChI=1S/C9H16FN3/c1-5-6-13-7(9(2,3)4)8(10)11-12-13/h5-6H2,1-4H3. The van der Waals surface area contributed by atoms with Crippen LogP contribution >= 0.6 is 0 Å². The Morgan fingerprint density at radius 3 is 2.46 bits per heavy atom. The Balaban J connectivity index is 3.09. The first-order valence-electron chi connectivity index (χ1n) is 4.56. The molecule has 1 rings (SSSR count). The average molecular weight is 185 g/mol. The maximum Gasteiger partial charge on any atom is 0.256 e. The molecule has 0 aromatic carbocycles. The fraction of sp³-hybridized carbons (Fsp3) is 0.778. The molecule has 1 aromatic heterocycles. The van der Waals surface area contributed by atoms with Crippen molar-refractivity contribution in [3.63, 3.8) is 0 Å².